The fourth-order valence-corrected chi connectivity index (χ4v) is 3.84. The molecule has 3 N–H and O–H groups in total. The van der Waals surface area contributed by atoms with Crippen molar-refractivity contribution in [3.63, 3.8) is 0 Å². The molecule has 0 aliphatic carbocycles. The van der Waals surface area contributed by atoms with Crippen molar-refractivity contribution in [3.8, 4) is 0 Å². The minimum atomic E-state index is -4.79. The highest BCUT2D eigenvalue weighted by Gasteiger charge is 2.35. The van der Waals surface area contributed by atoms with Crippen LogP contribution in [0.4, 0.5) is 18.9 Å². The first kappa shape index (κ1) is 20.2. The third kappa shape index (κ3) is 5.46. The number of nitrogens with two attached hydrogens (primary N) is 1. The summed E-state index contributed by atoms with van der Waals surface area (Å²) in [4.78, 5) is 4.35. The van der Waals surface area contributed by atoms with E-state index in [2.05, 4.69) is 4.99 Å². The van der Waals surface area contributed by atoms with E-state index in [1.54, 1.807) is 17.1 Å². The van der Waals surface area contributed by atoms with Crippen LogP contribution in [0.2, 0.25) is 0 Å². The lowest BCUT2D eigenvalue weighted by Gasteiger charge is -2.13. The fraction of sp³-hybridized carbons (Fsp3) is 0.278. The van der Waals surface area contributed by atoms with Gasteiger partial charge in [-0.25, -0.2) is 14.3 Å². The molecule has 28 heavy (non-hydrogen) atoms. The van der Waals surface area contributed by atoms with Gasteiger partial charge in [-0.2, -0.15) is 13.2 Å². The van der Waals surface area contributed by atoms with Crippen molar-refractivity contribution in [1.29, 1.82) is 0 Å². The van der Waals surface area contributed by atoms with Gasteiger partial charge in [-0.3, -0.25) is 14.7 Å². The number of halogens is 3. The summed E-state index contributed by atoms with van der Waals surface area (Å²) in [5, 5.41) is 1.60. The second-order valence-corrected chi connectivity index (χ2v) is 8.17. The quantitative estimate of drug-likeness (QED) is 0.714. The van der Waals surface area contributed by atoms with Gasteiger partial charge in [0.25, 0.3) is 0 Å². The van der Waals surface area contributed by atoms with E-state index in [9.17, 15) is 21.6 Å². The first-order chi connectivity index (χ1) is 13.1. The van der Waals surface area contributed by atoms with Crippen molar-refractivity contribution in [2.24, 2.45) is 10.8 Å². The molecule has 0 fully saturated rings. The lowest BCUT2D eigenvalue weighted by Crippen LogP contribution is -2.34. The maximum absolute atomic E-state index is 12.3. The van der Waals surface area contributed by atoms with Gasteiger partial charge < -0.3 is 0 Å². The Morgan fingerprint density at radius 1 is 1.04 bits per heavy atom. The van der Waals surface area contributed by atoms with E-state index in [4.69, 9.17) is 5.84 Å². The molecule has 1 aliphatic rings. The standard InChI is InChI=1S/C18H19F3N4O2S/c19-18(20,21)12-28(26,27)24-16-7-3-14(4-8-16)11-13-1-5-15(6-2-13)17-23-9-10-25(17)22/h1-8,24H,9-12,22H2. The highest BCUT2D eigenvalue weighted by atomic mass is 32.2. The Bertz CT molecular complexity index is 956. The second-order valence-electron chi connectivity index (χ2n) is 6.45. The molecule has 1 aliphatic heterocycles. The van der Waals surface area contributed by atoms with Crippen molar-refractivity contribution in [3.05, 3.63) is 65.2 Å². The third-order valence-electron chi connectivity index (χ3n) is 4.08. The summed E-state index contributed by atoms with van der Waals surface area (Å²) >= 11 is 0. The number of nitrogens with zero attached hydrogens (tertiary/aromatic N) is 2. The Morgan fingerprint density at radius 2 is 1.61 bits per heavy atom. The molecule has 0 unspecified atom stereocenters. The van der Waals surface area contributed by atoms with E-state index >= 15 is 0 Å². The van der Waals surface area contributed by atoms with E-state index in [0.29, 0.717) is 19.5 Å². The van der Waals surface area contributed by atoms with Crippen LogP contribution in [0.15, 0.2) is 53.5 Å². The SMILES string of the molecule is NN1CCN=C1c1ccc(Cc2ccc(NS(=O)(=O)CC(F)(F)F)cc2)cc1. The largest absolute Gasteiger partial charge is 0.404 e. The maximum Gasteiger partial charge on any atom is 0.404 e. The monoisotopic (exact) mass is 412 g/mol. The predicted molar refractivity (Wildman–Crippen MR) is 101 cm³/mol. The summed E-state index contributed by atoms with van der Waals surface area (Å²) in [7, 11) is -4.48. The van der Waals surface area contributed by atoms with Crippen molar-refractivity contribution < 1.29 is 21.6 Å². The van der Waals surface area contributed by atoms with Gasteiger partial charge in [-0.15, -0.1) is 0 Å². The normalized spacial score (nSPS) is 14.9. The molecule has 10 heteroatoms. The lowest BCUT2D eigenvalue weighted by atomic mass is 10.0. The van der Waals surface area contributed by atoms with Crippen LogP contribution in [0.3, 0.4) is 0 Å². The fourth-order valence-electron chi connectivity index (χ4n) is 2.85. The van der Waals surface area contributed by atoms with Gasteiger partial charge in [0.1, 0.15) is 5.84 Å². The number of hydrogen-bond donors (Lipinski definition) is 2. The summed E-state index contributed by atoms with van der Waals surface area (Å²) in [5.74, 6) is 4.69. The minimum absolute atomic E-state index is 0.0885. The Hall–Kier alpha value is -2.59. The molecule has 2 aromatic carbocycles. The van der Waals surface area contributed by atoms with E-state index in [1.807, 2.05) is 29.0 Å². The predicted octanol–water partition coefficient (Wildman–Crippen LogP) is 2.52. The Labute approximate surface area is 160 Å². The molecule has 0 aromatic heterocycles. The Morgan fingerprint density at radius 3 is 2.11 bits per heavy atom. The first-order valence-corrected chi connectivity index (χ1v) is 10.1. The molecule has 0 atom stereocenters. The highest BCUT2D eigenvalue weighted by molar-refractivity contribution is 7.92. The third-order valence-corrected chi connectivity index (χ3v) is 5.33. The summed E-state index contributed by atoms with van der Waals surface area (Å²) < 4.78 is 61.8. The lowest BCUT2D eigenvalue weighted by molar-refractivity contribution is -0.106. The molecule has 0 saturated heterocycles. The van der Waals surface area contributed by atoms with E-state index < -0.39 is 22.0 Å². The maximum atomic E-state index is 12.3. The highest BCUT2D eigenvalue weighted by Crippen LogP contribution is 2.20. The molecular weight excluding hydrogens is 393 g/mol. The summed E-state index contributed by atoms with van der Waals surface area (Å²) in [6, 6.07) is 14.0. The van der Waals surface area contributed by atoms with Crippen LogP contribution in [0, 0.1) is 0 Å². The van der Waals surface area contributed by atoms with Crippen LogP contribution >= 0.6 is 0 Å². The summed E-state index contributed by atoms with van der Waals surface area (Å²) in [6.07, 6.45) is -4.20. The molecule has 6 nitrogen and oxygen atoms in total. The van der Waals surface area contributed by atoms with Crippen molar-refractivity contribution >= 4 is 21.5 Å². The van der Waals surface area contributed by atoms with Crippen molar-refractivity contribution in [2.75, 3.05) is 23.6 Å². The van der Waals surface area contributed by atoms with Gasteiger partial charge in [0.15, 0.2) is 5.75 Å². The zero-order chi connectivity index (χ0) is 20.4. The van der Waals surface area contributed by atoms with Gasteiger partial charge >= 0.3 is 6.18 Å². The van der Waals surface area contributed by atoms with Gasteiger partial charge in [0, 0.05) is 11.3 Å². The van der Waals surface area contributed by atoms with Crippen LogP contribution in [-0.4, -0.2) is 44.3 Å². The molecule has 0 radical (unpaired) electrons. The summed E-state index contributed by atoms with van der Waals surface area (Å²) in [6.45, 7) is 1.36. The first-order valence-electron chi connectivity index (χ1n) is 8.43. The number of aliphatic imine (C=N–C) groups is 1. The molecule has 0 bridgehead atoms. The Balaban J connectivity index is 1.63. The minimum Gasteiger partial charge on any atom is -0.293 e. The van der Waals surface area contributed by atoms with Gasteiger partial charge in [-0.05, 0) is 29.7 Å². The van der Waals surface area contributed by atoms with Crippen LogP contribution in [-0.2, 0) is 16.4 Å². The molecule has 150 valence electrons. The number of anilines is 1. The molecule has 0 saturated carbocycles. The number of hydrazine groups is 1. The smallest absolute Gasteiger partial charge is 0.293 e. The van der Waals surface area contributed by atoms with Crippen molar-refractivity contribution in [2.45, 2.75) is 12.6 Å². The molecule has 2 aromatic rings. The topological polar surface area (TPSA) is 87.8 Å². The van der Waals surface area contributed by atoms with Crippen LogP contribution in [0.1, 0.15) is 16.7 Å². The summed E-state index contributed by atoms with van der Waals surface area (Å²) in [5.41, 5.74) is 2.94. The molecule has 1 heterocycles. The second kappa shape index (κ2) is 7.80. The average Bonchev–Trinajstić information content (AvgIpc) is 3.01. The van der Waals surface area contributed by atoms with E-state index in [1.165, 1.54) is 12.1 Å². The molecule has 0 amide bonds. The van der Waals surface area contributed by atoms with Gasteiger partial charge in [-0.1, -0.05) is 36.4 Å². The van der Waals surface area contributed by atoms with Crippen LogP contribution < -0.4 is 10.6 Å². The molecular formula is C18H19F3N4O2S. The number of amidine groups is 1. The van der Waals surface area contributed by atoms with Crippen LogP contribution in [0.5, 0.6) is 0 Å². The number of hydrogen-bond acceptors (Lipinski definition) is 5. The number of alkyl halides is 3. The van der Waals surface area contributed by atoms with Crippen molar-refractivity contribution in [1.82, 2.24) is 5.01 Å². The van der Waals surface area contributed by atoms with E-state index in [0.717, 1.165) is 22.5 Å². The molecule has 3 rings (SSSR count). The zero-order valence-corrected chi connectivity index (χ0v) is 15.6. The molecule has 0 spiro atoms. The number of rotatable bonds is 6. The number of sulfonamides is 1. The number of benzene rings is 2. The van der Waals surface area contributed by atoms with Crippen LogP contribution in [0.25, 0.3) is 0 Å². The van der Waals surface area contributed by atoms with Gasteiger partial charge in [0.2, 0.25) is 10.0 Å². The zero-order valence-electron chi connectivity index (χ0n) is 14.8. The average molecular weight is 412 g/mol. The Kier molecular flexibility index (Phi) is 5.61. The number of nitrogens with one attached hydrogen (secondary N) is 1. The van der Waals surface area contributed by atoms with E-state index in [-0.39, 0.29) is 5.69 Å². The van der Waals surface area contributed by atoms with Gasteiger partial charge in [0.05, 0.1) is 13.1 Å².